The Labute approximate surface area is 116 Å². The maximum Gasteiger partial charge on any atom is 0.250 e. The molecule has 2 aromatic rings. The van der Waals surface area contributed by atoms with E-state index in [4.69, 9.17) is 5.73 Å². The molecule has 0 fully saturated rings. The minimum absolute atomic E-state index is 0.0505. The van der Waals surface area contributed by atoms with Crippen LogP contribution >= 0.6 is 0 Å². The molecule has 0 bridgehead atoms. The number of nitrogens with two attached hydrogens (primary N) is 1. The smallest absolute Gasteiger partial charge is 0.250 e. The monoisotopic (exact) mass is 269 g/mol. The summed E-state index contributed by atoms with van der Waals surface area (Å²) in [7, 11) is 0. The SMILES string of the molecule is Nc1ccc2c(c1)CC(=O)N2CCn1ccccc1=O. The molecule has 1 aliphatic heterocycles. The van der Waals surface area contributed by atoms with Gasteiger partial charge in [0.1, 0.15) is 0 Å². The number of carbonyl (C=O) groups is 1. The Kier molecular flexibility index (Phi) is 3.02. The molecule has 0 atom stereocenters. The highest BCUT2D eigenvalue weighted by Crippen LogP contribution is 2.30. The van der Waals surface area contributed by atoms with E-state index in [9.17, 15) is 9.59 Å². The number of hydrogen-bond acceptors (Lipinski definition) is 3. The number of anilines is 2. The van der Waals surface area contributed by atoms with Gasteiger partial charge < -0.3 is 15.2 Å². The van der Waals surface area contributed by atoms with Crippen molar-refractivity contribution >= 4 is 17.3 Å². The van der Waals surface area contributed by atoms with E-state index in [1.807, 2.05) is 18.2 Å². The van der Waals surface area contributed by atoms with Gasteiger partial charge in [-0.1, -0.05) is 6.07 Å². The largest absolute Gasteiger partial charge is 0.399 e. The summed E-state index contributed by atoms with van der Waals surface area (Å²) in [6, 6.07) is 10.5. The Morgan fingerprint density at radius 3 is 2.75 bits per heavy atom. The van der Waals surface area contributed by atoms with E-state index in [0.29, 0.717) is 25.2 Å². The molecule has 0 aliphatic carbocycles. The van der Waals surface area contributed by atoms with Crippen molar-refractivity contribution in [1.29, 1.82) is 0 Å². The van der Waals surface area contributed by atoms with E-state index in [0.717, 1.165) is 11.3 Å². The normalized spacial score (nSPS) is 13.6. The van der Waals surface area contributed by atoms with Crippen molar-refractivity contribution in [2.75, 3.05) is 17.2 Å². The van der Waals surface area contributed by atoms with Crippen LogP contribution in [0.1, 0.15) is 5.56 Å². The molecule has 3 rings (SSSR count). The predicted octanol–water partition coefficient (Wildman–Crippen LogP) is 1.02. The maximum atomic E-state index is 12.0. The van der Waals surface area contributed by atoms with Crippen LogP contribution < -0.4 is 16.2 Å². The first-order valence-corrected chi connectivity index (χ1v) is 6.49. The van der Waals surface area contributed by atoms with Crippen LogP contribution in [-0.4, -0.2) is 17.0 Å². The zero-order valence-corrected chi connectivity index (χ0v) is 11.0. The molecule has 1 aromatic heterocycles. The summed E-state index contributed by atoms with van der Waals surface area (Å²) >= 11 is 0. The van der Waals surface area contributed by atoms with Gasteiger partial charge in [-0.05, 0) is 29.8 Å². The second-order valence-electron chi connectivity index (χ2n) is 4.84. The molecule has 0 unspecified atom stereocenters. The summed E-state index contributed by atoms with van der Waals surface area (Å²) in [4.78, 5) is 25.4. The Morgan fingerprint density at radius 1 is 1.10 bits per heavy atom. The molecule has 1 aliphatic rings. The average molecular weight is 269 g/mol. The number of fused-ring (bicyclic) bond motifs is 1. The zero-order chi connectivity index (χ0) is 14.1. The van der Waals surface area contributed by atoms with E-state index in [1.54, 1.807) is 27.8 Å². The van der Waals surface area contributed by atoms with Crippen molar-refractivity contribution in [2.24, 2.45) is 0 Å². The fourth-order valence-corrected chi connectivity index (χ4v) is 2.50. The lowest BCUT2D eigenvalue weighted by Crippen LogP contribution is -2.32. The minimum Gasteiger partial charge on any atom is -0.399 e. The zero-order valence-electron chi connectivity index (χ0n) is 11.0. The van der Waals surface area contributed by atoms with E-state index in [1.165, 1.54) is 6.07 Å². The van der Waals surface area contributed by atoms with Gasteiger partial charge in [0.05, 0.1) is 6.42 Å². The Balaban J connectivity index is 1.81. The van der Waals surface area contributed by atoms with Gasteiger partial charge in [0.25, 0.3) is 5.56 Å². The standard InChI is InChI=1S/C15H15N3O2/c16-12-4-5-13-11(9-12)10-15(20)18(13)8-7-17-6-2-1-3-14(17)19/h1-6,9H,7-8,10,16H2. The molecule has 0 saturated heterocycles. The number of hydrogen-bond donors (Lipinski definition) is 1. The summed E-state index contributed by atoms with van der Waals surface area (Å²) in [5.74, 6) is 0.0505. The third-order valence-electron chi connectivity index (χ3n) is 3.50. The van der Waals surface area contributed by atoms with Crippen LogP contribution in [0, 0.1) is 0 Å². The topological polar surface area (TPSA) is 68.3 Å². The van der Waals surface area contributed by atoms with Crippen molar-refractivity contribution in [3.63, 3.8) is 0 Å². The Morgan fingerprint density at radius 2 is 1.95 bits per heavy atom. The lowest BCUT2D eigenvalue weighted by Gasteiger charge is -2.18. The van der Waals surface area contributed by atoms with Crippen molar-refractivity contribution in [1.82, 2.24) is 4.57 Å². The fraction of sp³-hybridized carbons (Fsp3) is 0.200. The number of pyridine rings is 1. The van der Waals surface area contributed by atoms with Gasteiger partial charge in [0, 0.05) is 36.7 Å². The lowest BCUT2D eigenvalue weighted by atomic mass is 10.1. The highest BCUT2D eigenvalue weighted by molar-refractivity contribution is 6.01. The average Bonchev–Trinajstić information content (AvgIpc) is 2.73. The molecule has 5 heteroatoms. The molecule has 0 saturated carbocycles. The number of rotatable bonds is 3. The Hall–Kier alpha value is -2.56. The maximum absolute atomic E-state index is 12.0. The van der Waals surface area contributed by atoms with Gasteiger partial charge in [-0.15, -0.1) is 0 Å². The number of benzene rings is 1. The molecule has 20 heavy (non-hydrogen) atoms. The third kappa shape index (κ3) is 2.18. The van der Waals surface area contributed by atoms with Gasteiger partial charge in [-0.3, -0.25) is 9.59 Å². The van der Waals surface area contributed by atoms with Crippen LogP contribution in [-0.2, 0) is 17.8 Å². The van der Waals surface area contributed by atoms with E-state index in [2.05, 4.69) is 0 Å². The van der Waals surface area contributed by atoms with Gasteiger partial charge in [0.2, 0.25) is 5.91 Å². The second kappa shape index (κ2) is 4.85. The molecular formula is C15H15N3O2. The number of carbonyl (C=O) groups excluding carboxylic acids is 1. The van der Waals surface area contributed by atoms with Gasteiger partial charge >= 0.3 is 0 Å². The first kappa shape index (κ1) is 12.5. The molecule has 1 amide bonds. The number of amides is 1. The van der Waals surface area contributed by atoms with Gasteiger partial charge in [-0.2, -0.15) is 0 Å². The molecule has 2 N–H and O–H groups in total. The third-order valence-corrected chi connectivity index (χ3v) is 3.50. The van der Waals surface area contributed by atoms with Crippen LogP contribution in [0.5, 0.6) is 0 Å². The molecule has 102 valence electrons. The van der Waals surface area contributed by atoms with E-state index in [-0.39, 0.29) is 11.5 Å². The molecular weight excluding hydrogens is 254 g/mol. The van der Waals surface area contributed by atoms with E-state index < -0.39 is 0 Å². The van der Waals surface area contributed by atoms with E-state index >= 15 is 0 Å². The van der Waals surface area contributed by atoms with Crippen molar-refractivity contribution in [3.05, 3.63) is 58.5 Å². The molecule has 1 aromatic carbocycles. The first-order chi connectivity index (χ1) is 9.65. The van der Waals surface area contributed by atoms with Gasteiger partial charge in [0.15, 0.2) is 0 Å². The predicted molar refractivity (Wildman–Crippen MR) is 77.6 cm³/mol. The van der Waals surface area contributed by atoms with Crippen LogP contribution in [0.3, 0.4) is 0 Å². The molecule has 2 heterocycles. The summed E-state index contributed by atoms with van der Waals surface area (Å²) in [6.07, 6.45) is 2.11. The summed E-state index contributed by atoms with van der Waals surface area (Å²) in [6.45, 7) is 0.967. The van der Waals surface area contributed by atoms with Crippen molar-refractivity contribution in [2.45, 2.75) is 13.0 Å². The lowest BCUT2D eigenvalue weighted by molar-refractivity contribution is -0.117. The van der Waals surface area contributed by atoms with Crippen LogP contribution in [0.2, 0.25) is 0 Å². The quantitative estimate of drug-likeness (QED) is 0.846. The highest BCUT2D eigenvalue weighted by atomic mass is 16.2. The second-order valence-corrected chi connectivity index (χ2v) is 4.84. The minimum atomic E-state index is -0.0586. The number of nitrogen functional groups attached to an aromatic ring is 1. The summed E-state index contributed by atoms with van der Waals surface area (Å²) < 4.78 is 1.60. The molecule has 0 spiro atoms. The van der Waals surface area contributed by atoms with Crippen molar-refractivity contribution in [3.8, 4) is 0 Å². The molecule has 5 nitrogen and oxygen atoms in total. The summed E-state index contributed by atoms with van der Waals surface area (Å²) in [5.41, 5.74) is 8.19. The van der Waals surface area contributed by atoms with Crippen LogP contribution in [0.15, 0.2) is 47.4 Å². The molecule has 0 radical (unpaired) electrons. The summed E-state index contributed by atoms with van der Waals surface area (Å²) in [5, 5.41) is 0. The number of nitrogens with zero attached hydrogens (tertiary/aromatic N) is 2. The highest BCUT2D eigenvalue weighted by Gasteiger charge is 2.26. The number of aromatic nitrogens is 1. The van der Waals surface area contributed by atoms with Crippen LogP contribution in [0.25, 0.3) is 0 Å². The first-order valence-electron chi connectivity index (χ1n) is 6.49. The van der Waals surface area contributed by atoms with Crippen LogP contribution in [0.4, 0.5) is 11.4 Å². The van der Waals surface area contributed by atoms with Crippen molar-refractivity contribution < 1.29 is 4.79 Å². The van der Waals surface area contributed by atoms with Gasteiger partial charge in [-0.25, -0.2) is 0 Å². The Bertz CT molecular complexity index is 721. The fourth-order valence-electron chi connectivity index (χ4n) is 2.50.